The van der Waals surface area contributed by atoms with Gasteiger partial charge in [0.1, 0.15) is 0 Å². The van der Waals surface area contributed by atoms with E-state index in [1.165, 1.54) is 38.5 Å². The smallest absolute Gasteiger partial charge is 0.228 e. The molecule has 2 nitrogen and oxygen atoms in total. The third-order valence-corrected chi connectivity index (χ3v) is 4.67. The number of hydrogen-bond acceptors (Lipinski definition) is 1. The molecular formula is C14H23NO. The molecule has 1 amide bonds. The fraction of sp³-hybridized carbons (Fsp3) is 0.786. The Morgan fingerprint density at radius 3 is 2.44 bits per heavy atom. The van der Waals surface area contributed by atoms with E-state index < -0.39 is 0 Å². The zero-order valence-electron chi connectivity index (χ0n) is 10.1. The van der Waals surface area contributed by atoms with Crippen LogP contribution in [0, 0.1) is 11.3 Å². The highest BCUT2D eigenvalue weighted by molar-refractivity contribution is 5.84. The monoisotopic (exact) mass is 221 g/mol. The van der Waals surface area contributed by atoms with Crippen LogP contribution in [0.25, 0.3) is 0 Å². The molecule has 16 heavy (non-hydrogen) atoms. The number of primary amides is 1. The number of rotatable bonds is 2. The van der Waals surface area contributed by atoms with Crippen LogP contribution in [0.1, 0.15) is 57.8 Å². The summed E-state index contributed by atoms with van der Waals surface area (Å²) in [5.41, 5.74) is 6.50. The number of nitrogens with two attached hydrogens (primary N) is 1. The predicted octanol–water partition coefficient (Wildman–Crippen LogP) is 3.17. The highest BCUT2D eigenvalue weighted by Gasteiger charge is 2.47. The van der Waals surface area contributed by atoms with Crippen molar-refractivity contribution in [1.82, 2.24) is 0 Å². The van der Waals surface area contributed by atoms with Crippen LogP contribution in [-0.4, -0.2) is 5.91 Å². The van der Waals surface area contributed by atoms with E-state index in [0.29, 0.717) is 5.92 Å². The lowest BCUT2D eigenvalue weighted by atomic mass is 9.59. The Hall–Kier alpha value is -0.790. The van der Waals surface area contributed by atoms with Gasteiger partial charge >= 0.3 is 0 Å². The van der Waals surface area contributed by atoms with Crippen LogP contribution >= 0.6 is 0 Å². The normalized spacial score (nSPS) is 32.6. The summed E-state index contributed by atoms with van der Waals surface area (Å²) in [6.45, 7) is 4.16. The van der Waals surface area contributed by atoms with E-state index in [1.807, 2.05) is 0 Å². The Balaban J connectivity index is 2.25. The van der Waals surface area contributed by atoms with Crippen molar-refractivity contribution in [2.24, 2.45) is 17.1 Å². The fourth-order valence-corrected chi connectivity index (χ4v) is 3.73. The molecule has 0 radical (unpaired) electrons. The van der Waals surface area contributed by atoms with Crippen molar-refractivity contribution < 1.29 is 4.79 Å². The molecule has 1 atom stereocenters. The number of carbonyl (C=O) groups excluding carboxylic acids is 1. The summed E-state index contributed by atoms with van der Waals surface area (Å²) < 4.78 is 0. The van der Waals surface area contributed by atoms with Crippen LogP contribution in [0.4, 0.5) is 0 Å². The second-order valence-corrected chi connectivity index (χ2v) is 5.48. The minimum Gasteiger partial charge on any atom is -0.369 e. The zero-order valence-corrected chi connectivity index (χ0v) is 10.1. The summed E-state index contributed by atoms with van der Waals surface area (Å²) in [5.74, 6) is 0.371. The van der Waals surface area contributed by atoms with Gasteiger partial charge in [-0.3, -0.25) is 4.79 Å². The molecule has 2 saturated carbocycles. The van der Waals surface area contributed by atoms with E-state index in [1.54, 1.807) is 0 Å². The molecule has 1 unspecified atom stereocenters. The van der Waals surface area contributed by atoms with E-state index >= 15 is 0 Å². The van der Waals surface area contributed by atoms with E-state index in [9.17, 15) is 4.79 Å². The van der Waals surface area contributed by atoms with Crippen LogP contribution in [-0.2, 0) is 4.79 Å². The Kier molecular flexibility index (Phi) is 3.36. The Labute approximate surface area is 98.3 Å². The van der Waals surface area contributed by atoms with E-state index in [2.05, 4.69) is 6.58 Å². The molecule has 2 heteroatoms. The first-order valence-corrected chi connectivity index (χ1v) is 6.66. The minimum atomic E-state index is -0.349. The standard InChI is InChI=1S/C14H23NO/c1-11-7-5-6-10-14(11,13(15)16)12-8-3-2-4-9-12/h12H,1-10H2,(H2,15,16). The molecule has 0 aliphatic heterocycles. The van der Waals surface area contributed by atoms with Crippen molar-refractivity contribution in [3.8, 4) is 0 Å². The molecule has 0 spiro atoms. The molecule has 0 saturated heterocycles. The molecule has 0 heterocycles. The third kappa shape index (κ3) is 1.79. The summed E-state index contributed by atoms with van der Waals surface area (Å²) in [5, 5.41) is 0. The van der Waals surface area contributed by atoms with E-state index in [4.69, 9.17) is 5.73 Å². The van der Waals surface area contributed by atoms with Gasteiger partial charge in [-0.2, -0.15) is 0 Å². The molecule has 2 aliphatic carbocycles. The number of carbonyl (C=O) groups is 1. The summed E-state index contributed by atoms with van der Waals surface area (Å²) in [6, 6.07) is 0. The molecule has 2 N–H and O–H groups in total. The molecular weight excluding hydrogens is 198 g/mol. The van der Waals surface area contributed by atoms with Gasteiger partial charge in [0.25, 0.3) is 0 Å². The molecule has 0 aromatic heterocycles. The average Bonchev–Trinajstić information content (AvgIpc) is 2.30. The summed E-state index contributed by atoms with van der Waals surface area (Å²) in [7, 11) is 0. The minimum absolute atomic E-state index is 0.107. The van der Waals surface area contributed by atoms with Crippen molar-refractivity contribution in [1.29, 1.82) is 0 Å². The molecule has 90 valence electrons. The van der Waals surface area contributed by atoms with Gasteiger partial charge in [-0.15, -0.1) is 0 Å². The van der Waals surface area contributed by atoms with Crippen molar-refractivity contribution in [3.63, 3.8) is 0 Å². The predicted molar refractivity (Wildman–Crippen MR) is 65.8 cm³/mol. The van der Waals surface area contributed by atoms with Crippen molar-refractivity contribution in [3.05, 3.63) is 12.2 Å². The van der Waals surface area contributed by atoms with Gasteiger partial charge in [-0.05, 0) is 38.0 Å². The first-order chi connectivity index (χ1) is 7.68. The first-order valence-electron chi connectivity index (χ1n) is 6.66. The van der Waals surface area contributed by atoms with E-state index in [-0.39, 0.29) is 11.3 Å². The third-order valence-electron chi connectivity index (χ3n) is 4.67. The van der Waals surface area contributed by atoms with Crippen LogP contribution in [0.15, 0.2) is 12.2 Å². The molecule has 2 rings (SSSR count). The van der Waals surface area contributed by atoms with Crippen LogP contribution < -0.4 is 5.73 Å². The molecule has 0 bridgehead atoms. The molecule has 0 aromatic carbocycles. The quantitative estimate of drug-likeness (QED) is 0.715. The fourth-order valence-electron chi connectivity index (χ4n) is 3.73. The van der Waals surface area contributed by atoms with Gasteiger partial charge in [-0.1, -0.05) is 37.8 Å². The van der Waals surface area contributed by atoms with Gasteiger partial charge in [0.2, 0.25) is 5.91 Å². The van der Waals surface area contributed by atoms with Crippen molar-refractivity contribution >= 4 is 5.91 Å². The Bertz CT molecular complexity index is 291. The second kappa shape index (κ2) is 4.60. The zero-order chi connectivity index (χ0) is 11.6. The SMILES string of the molecule is C=C1CCCCC1(C(N)=O)C1CCCCC1. The molecule has 2 aliphatic rings. The van der Waals surface area contributed by atoms with Gasteiger partial charge in [0.15, 0.2) is 0 Å². The van der Waals surface area contributed by atoms with Gasteiger partial charge in [0, 0.05) is 0 Å². The largest absolute Gasteiger partial charge is 0.369 e. The summed E-state index contributed by atoms with van der Waals surface area (Å²) in [4.78, 5) is 11.9. The van der Waals surface area contributed by atoms with Gasteiger partial charge in [0.05, 0.1) is 5.41 Å². The number of hydrogen-bond donors (Lipinski definition) is 1. The maximum absolute atomic E-state index is 11.9. The van der Waals surface area contributed by atoms with E-state index in [0.717, 1.165) is 24.8 Å². The lowest BCUT2D eigenvalue weighted by Gasteiger charge is -2.44. The molecule has 0 aromatic rings. The summed E-state index contributed by atoms with van der Waals surface area (Å²) in [6.07, 6.45) is 10.4. The highest BCUT2D eigenvalue weighted by atomic mass is 16.1. The van der Waals surface area contributed by atoms with Gasteiger partial charge in [-0.25, -0.2) is 0 Å². The maximum atomic E-state index is 11.9. The summed E-state index contributed by atoms with van der Waals surface area (Å²) >= 11 is 0. The number of amides is 1. The Morgan fingerprint density at radius 2 is 1.88 bits per heavy atom. The van der Waals surface area contributed by atoms with Crippen LogP contribution in [0.5, 0.6) is 0 Å². The Morgan fingerprint density at radius 1 is 1.19 bits per heavy atom. The maximum Gasteiger partial charge on any atom is 0.228 e. The lowest BCUT2D eigenvalue weighted by Crippen LogP contribution is -2.46. The lowest BCUT2D eigenvalue weighted by molar-refractivity contribution is -0.130. The van der Waals surface area contributed by atoms with Crippen LogP contribution in [0.2, 0.25) is 0 Å². The first kappa shape index (κ1) is 11.7. The topological polar surface area (TPSA) is 43.1 Å². The average molecular weight is 221 g/mol. The molecule has 2 fully saturated rings. The van der Waals surface area contributed by atoms with Crippen molar-refractivity contribution in [2.75, 3.05) is 0 Å². The van der Waals surface area contributed by atoms with Gasteiger partial charge < -0.3 is 5.73 Å². The van der Waals surface area contributed by atoms with Crippen LogP contribution in [0.3, 0.4) is 0 Å². The van der Waals surface area contributed by atoms with Crippen molar-refractivity contribution in [2.45, 2.75) is 57.8 Å². The second-order valence-electron chi connectivity index (χ2n) is 5.48. The highest BCUT2D eigenvalue weighted by Crippen LogP contribution is 2.50.